The second-order valence-electron chi connectivity index (χ2n) is 3.83. The molecule has 2 atom stereocenters. The van der Waals surface area contributed by atoms with E-state index in [0.717, 1.165) is 4.47 Å². The predicted molar refractivity (Wildman–Crippen MR) is 62.2 cm³/mol. The summed E-state index contributed by atoms with van der Waals surface area (Å²) in [6.45, 7) is 1.29. The highest BCUT2D eigenvalue weighted by atomic mass is 79.9. The van der Waals surface area contributed by atoms with Crippen molar-refractivity contribution in [3.05, 3.63) is 34.3 Å². The standard InChI is InChI=1S/C12H9BrO4/c1-6(14)9-10(15)12(16)17-11(9)7-2-4-8(13)5-3-7/h2-5,9,11H,1H3. The summed E-state index contributed by atoms with van der Waals surface area (Å²) in [4.78, 5) is 34.1. The van der Waals surface area contributed by atoms with Crippen LogP contribution in [0, 0.1) is 5.92 Å². The van der Waals surface area contributed by atoms with Gasteiger partial charge in [0.15, 0.2) is 0 Å². The summed E-state index contributed by atoms with van der Waals surface area (Å²) >= 11 is 3.28. The van der Waals surface area contributed by atoms with Crippen LogP contribution in [0.1, 0.15) is 18.6 Å². The first-order valence-corrected chi connectivity index (χ1v) is 5.80. The third kappa shape index (κ3) is 2.15. The molecular formula is C12H9BrO4. The molecule has 1 heterocycles. The summed E-state index contributed by atoms with van der Waals surface area (Å²) in [7, 11) is 0. The van der Waals surface area contributed by atoms with Crippen molar-refractivity contribution < 1.29 is 19.1 Å². The Morgan fingerprint density at radius 2 is 1.82 bits per heavy atom. The number of ketones is 2. The zero-order valence-electron chi connectivity index (χ0n) is 8.98. The summed E-state index contributed by atoms with van der Waals surface area (Å²) in [5.74, 6) is -3.05. The van der Waals surface area contributed by atoms with E-state index in [1.807, 2.05) is 0 Å². The number of benzene rings is 1. The van der Waals surface area contributed by atoms with Crippen molar-refractivity contribution in [2.24, 2.45) is 5.92 Å². The normalized spacial score (nSPS) is 23.6. The lowest BCUT2D eigenvalue weighted by Gasteiger charge is -2.14. The first-order chi connectivity index (χ1) is 8.00. The fourth-order valence-corrected chi connectivity index (χ4v) is 2.08. The smallest absolute Gasteiger partial charge is 0.376 e. The zero-order valence-corrected chi connectivity index (χ0v) is 10.6. The first kappa shape index (κ1) is 12.0. The van der Waals surface area contributed by atoms with Gasteiger partial charge in [0.1, 0.15) is 17.8 Å². The Balaban J connectivity index is 2.37. The largest absolute Gasteiger partial charge is 0.450 e. The molecule has 1 aliphatic rings. The number of halogens is 1. The van der Waals surface area contributed by atoms with Crippen LogP contribution < -0.4 is 0 Å². The minimum Gasteiger partial charge on any atom is -0.450 e. The Kier molecular flexibility index (Phi) is 3.11. The zero-order chi connectivity index (χ0) is 12.6. The molecule has 0 amide bonds. The molecule has 1 aromatic rings. The van der Waals surface area contributed by atoms with Gasteiger partial charge in [-0.1, -0.05) is 28.1 Å². The van der Waals surface area contributed by atoms with E-state index in [2.05, 4.69) is 15.9 Å². The molecule has 2 unspecified atom stereocenters. The van der Waals surface area contributed by atoms with Crippen LogP contribution in [0.25, 0.3) is 0 Å². The lowest BCUT2D eigenvalue weighted by atomic mass is 9.91. The van der Waals surface area contributed by atoms with E-state index < -0.39 is 23.8 Å². The van der Waals surface area contributed by atoms with E-state index in [4.69, 9.17) is 4.74 Å². The number of rotatable bonds is 2. The van der Waals surface area contributed by atoms with E-state index >= 15 is 0 Å². The van der Waals surface area contributed by atoms with E-state index in [-0.39, 0.29) is 5.78 Å². The van der Waals surface area contributed by atoms with Gasteiger partial charge in [0.2, 0.25) is 0 Å². The van der Waals surface area contributed by atoms with Crippen LogP contribution in [0.5, 0.6) is 0 Å². The van der Waals surface area contributed by atoms with Gasteiger partial charge in [-0.2, -0.15) is 0 Å². The van der Waals surface area contributed by atoms with Gasteiger partial charge in [-0.3, -0.25) is 9.59 Å². The molecule has 88 valence electrons. The van der Waals surface area contributed by atoms with E-state index in [9.17, 15) is 14.4 Å². The molecule has 4 nitrogen and oxygen atoms in total. The van der Waals surface area contributed by atoms with Gasteiger partial charge >= 0.3 is 5.97 Å². The topological polar surface area (TPSA) is 60.4 Å². The third-order valence-electron chi connectivity index (χ3n) is 2.66. The molecule has 0 aromatic heterocycles. The Hall–Kier alpha value is -1.49. The van der Waals surface area contributed by atoms with Crippen molar-refractivity contribution in [3.8, 4) is 0 Å². The predicted octanol–water partition coefficient (Wildman–Crippen LogP) is 1.82. The highest BCUT2D eigenvalue weighted by Crippen LogP contribution is 2.34. The highest BCUT2D eigenvalue weighted by molar-refractivity contribution is 9.10. The number of hydrogen-bond donors (Lipinski definition) is 0. The van der Waals surface area contributed by atoms with Gasteiger partial charge in [-0.25, -0.2) is 4.79 Å². The molecule has 5 heteroatoms. The number of ether oxygens (including phenoxy) is 1. The monoisotopic (exact) mass is 296 g/mol. The molecule has 0 spiro atoms. The van der Waals surface area contributed by atoms with Crippen LogP contribution in [0.3, 0.4) is 0 Å². The number of esters is 1. The summed E-state index contributed by atoms with van der Waals surface area (Å²) in [5, 5.41) is 0. The van der Waals surface area contributed by atoms with Crippen molar-refractivity contribution in [3.63, 3.8) is 0 Å². The summed E-state index contributed by atoms with van der Waals surface area (Å²) < 4.78 is 5.82. The van der Waals surface area contributed by atoms with Crippen LogP contribution in [-0.2, 0) is 19.1 Å². The average Bonchev–Trinajstić information content (AvgIpc) is 2.56. The number of Topliss-reactive ketones (excluding diaryl/α,β-unsaturated/α-hetero) is 2. The van der Waals surface area contributed by atoms with Crippen LogP contribution in [0.4, 0.5) is 0 Å². The summed E-state index contributed by atoms with van der Waals surface area (Å²) in [6, 6.07) is 6.97. The third-order valence-corrected chi connectivity index (χ3v) is 3.19. The van der Waals surface area contributed by atoms with Crippen LogP contribution in [0.2, 0.25) is 0 Å². The molecule has 1 aliphatic heterocycles. The van der Waals surface area contributed by atoms with E-state index in [1.54, 1.807) is 24.3 Å². The molecule has 2 rings (SSSR count). The molecule has 1 saturated heterocycles. The van der Waals surface area contributed by atoms with Gasteiger partial charge in [0.05, 0.1) is 0 Å². The van der Waals surface area contributed by atoms with Crippen molar-refractivity contribution in [2.75, 3.05) is 0 Å². The minimum absolute atomic E-state index is 0.353. The quantitative estimate of drug-likeness (QED) is 0.474. The second kappa shape index (κ2) is 4.41. The van der Waals surface area contributed by atoms with Crippen molar-refractivity contribution >= 4 is 33.5 Å². The maximum Gasteiger partial charge on any atom is 0.376 e. The SMILES string of the molecule is CC(=O)C1C(=O)C(=O)OC1c1ccc(Br)cc1. The summed E-state index contributed by atoms with van der Waals surface area (Å²) in [6.07, 6.45) is -0.791. The molecule has 0 radical (unpaired) electrons. The van der Waals surface area contributed by atoms with Crippen molar-refractivity contribution in [1.29, 1.82) is 0 Å². The number of hydrogen-bond acceptors (Lipinski definition) is 4. The Morgan fingerprint density at radius 1 is 1.24 bits per heavy atom. The Labute approximate surface area is 106 Å². The molecule has 1 fully saturated rings. The highest BCUT2D eigenvalue weighted by Gasteiger charge is 2.46. The van der Waals surface area contributed by atoms with Gasteiger partial charge in [-0.15, -0.1) is 0 Å². The molecule has 0 bridgehead atoms. The molecule has 0 saturated carbocycles. The minimum atomic E-state index is -1.01. The molecule has 0 aliphatic carbocycles. The van der Waals surface area contributed by atoms with Crippen LogP contribution in [-0.4, -0.2) is 17.5 Å². The molecule has 0 N–H and O–H groups in total. The average molecular weight is 297 g/mol. The fourth-order valence-electron chi connectivity index (χ4n) is 1.82. The number of carbonyl (C=O) groups is 3. The number of cyclic esters (lactones) is 1. The Bertz CT molecular complexity index is 492. The lowest BCUT2D eigenvalue weighted by Crippen LogP contribution is -2.23. The lowest BCUT2D eigenvalue weighted by molar-refractivity contribution is -0.149. The summed E-state index contributed by atoms with van der Waals surface area (Å²) in [5.41, 5.74) is 0.646. The van der Waals surface area contributed by atoms with E-state index in [0.29, 0.717) is 5.56 Å². The van der Waals surface area contributed by atoms with E-state index in [1.165, 1.54) is 6.92 Å². The van der Waals surface area contributed by atoms with Crippen LogP contribution in [0.15, 0.2) is 28.7 Å². The molecule has 1 aromatic carbocycles. The maximum absolute atomic E-state index is 11.5. The second-order valence-corrected chi connectivity index (χ2v) is 4.75. The van der Waals surface area contributed by atoms with Gasteiger partial charge in [0.25, 0.3) is 5.78 Å². The van der Waals surface area contributed by atoms with Gasteiger partial charge in [-0.05, 0) is 24.6 Å². The van der Waals surface area contributed by atoms with Gasteiger partial charge in [0, 0.05) is 4.47 Å². The molecular weight excluding hydrogens is 288 g/mol. The van der Waals surface area contributed by atoms with Crippen molar-refractivity contribution in [1.82, 2.24) is 0 Å². The molecule has 17 heavy (non-hydrogen) atoms. The fraction of sp³-hybridized carbons (Fsp3) is 0.250. The van der Waals surface area contributed by atoms with Gasteiger partial charge < -0.3 is 4.74 Å². The van der Waals surface area contributed by atoms with Crippen LogP contribution >= 0.6 is 15.9 Å². The first-order valence-electron chi connectivity index (χ1n) is 5.01. The maximum atomic E-state index is 11.5. The van der Waals surface area contributed by atoms with Crippen molar-refractivity contribution in [2.45, 2.75) is 13.0 Å². The Morgan fingerprint density at radius 3 is 2.35 bits per heavy atom. The number of carbonyl (C=O) groups excluding carboxylic acids is 3.